The van der Waals surface area contributed by atoms with E-state index in [-0.39, 0.29) is 30.1 Å². The van der Waals surface area contributed by atoms with Crippen molar-refractivity contribution in [1.82, 2.24) is 4.90 Å². The van der Waals surface area contributed by atoms with Gasteiger partial charge in [0.25, 0.3) is 0 Å². The van der Waals surface area contributed by atoms with E-state index in [9.17, 15) is 14.4 Å². The normalized spacial score (nSPS) is 23.2. The summed E-state index contributed by atoms with van der Waals surface area (Å²) in [5, 5.41) is 0. The molecule has 2 heterocycles. The largest absolute Gasteiger partial charge is 0.495 e. The Kier molecular flexibility index (Phi) is 4.65. The number of primary amides is 1. The van der Waals surface area contributed by atoms with E-state index >= 15 is 0 Å². The molecule has 2 fully saturated rings. The van der Waals surface area contributed by atoms with Crippen molar-refractivity contribution < 1.29 is 19.1 Å². The summed E-state index contributed by atoms with van der Waals surface area (Å²) in [6.07, 6.45) is 0.769. The Morgan fingerprint density at radius 1 is 1.24 bits per heavy atom. The average Bonchev–Trinajstić information content (AvgIpc) is 3.21. The fraction of sp³-hybridized carbons (Fsp3) is 0.500. The maximum Gasteiger partial charge on any atom is 0.228 e. The number of rotatable bonds is 4. The van der Waals surface area contributed by atoms with Crippen molar-refractivity contribution in [2.45, 2.75) is 19.8 Å². The number of hydrogen-bond acceptors (Lipinski definition) is 4. The van der Waals surface area contributed by atoms with Gasteiger partial charge in [0.05, 0.1) is 24.6 Å². The Morgan fingerprint density at radius 2 is 2.00 bits per heavy atom. The molecular formula is C18H23N3O4. The van der Waals surface area contributed by atoms with Crippen LogP contribution < -0.4 is 15.4 Å². The predicted molar refractivity (Wildman–Crippen MR) is 92.1 cm³/mol. The molecule has 7 nitrogen and oxygen atoms in total. The second kappa shape index (κ2) is 6.74. The van der Waals surface area contributed by atoms with Gasteiger partial charge in [0.2, 0.25) is 17.7 Å². The number of methoxy groups -OCH3 is 1. The van der Waals surface area contributed by atoms with Crippen molar-refractivity contribution in [1.29, 1.82) is 0 Å². The molecule has 3 amide bonds. The lowest BCUT2D eigenvalue weighted by molar-refractivity contribution is -0.135. The molecule has 2 N–H and O–H groups in total. The van der Waals surface area contributed by atoms with Crippen molar-refractivity contribution >= 4 is 23.4 Å². The summed E-state index contributed by atoms with van der Waals surface area (Å²) in [5.41, 5.74) is 7.04. The monoisotopic (exact) mass is 345 g/mol. The highest BCUT2D eigenvalue weighted by molar-refractivity contribution is 6.01. The SMILES string of the molecule is COc1ccc(C)cc1N1CC(C(=O)N2CCC(C(N)=O)C2)CC1=O. The zero-order valence-corrected chi connectivity index (χ0v) is 14.5. The maximum absolute atomic E-state index is 12.7. The van der Waals surface area contributed by atoms with Gasteiger partial charge >= 0.3 is 0 Å². The van der Waals surface area contributed by atoms with Gasteiger partial charge in [0.15, 0.2) is 0 Å². The lowest BCUT2D eigenvalue weighted by Crippen LogP contribution is -2.37. The quantitative estimate of drug-likeness (QED) is 0.869. The van der Waals surface area contributed by atoms with E-state index in [0.29, 0.717) is 37.5 Å². The molecule has 2 aliphatic heterocycles. The van der Waals surface area contributed by atoms with Gasteiger partial charge in [0.1, 0.15) is 5.75 Å². The first-order chi connectivity index (χ1) is 11.9. The molecule has 0 bridgehead atoms. The van der Waals surface area contributed by atoms with E-state index in [4.69, 9.17) is 10.5 Å². The summed E-state index contributed by atoms with van der Waals surface area (Å²) in [4.78, 5) is 39.8. The molecule has 2 aliphatic rings. The van der Waals surface area contributed by atoms with Crippen LogP contribution in [0, 0.1) is 18.8 Å². The fourth-order valence-corrected chi connectivity index (χ4v) is 3.57. The molecule has 1 aromatic rings. The van der Waals surface area contributed by atoms with Crippen molar-refractivity contribution in [3.05, 3.63) is 23.8 Å². The Morgan fingerprint density at radius 3 is 2.64 bits per heavy atom. The average molecular weight is 345 g/mol. The smallest absolute Gasteiger partial charge is 0.228 e. The number of anilines is 1. The Labute approximate surface area is 146 Å². The number of carbonyl (C=O) groups is 3. The Bertz CT molecular complexity index is 718. The Balaban J connectivity index is 1.74. The standard InChI is InChI=1S/C18H23N3O4/c1-11-3-4-15(25-2)14(7-11)21-10-13(8-16(21)22)18(24)20-6-5-12(9-20)17(19)23/h3-4,7,12-13H,5-6,8-10H2,1-2H3,(H2,19,23). The number of nitrogens with two attached hydrogens (primary N) is 1. The highest BCUT2D eigenvalue weighted by Gasteiger charge is 2.40. The topological polar surface area (TPSA) is 92.9 Å². The minimum atomic E-state index is -0.399. The zero-order valence-electron chi connectivity index (χ0n) is 14.5. The third kappa shape index (κ3) is 3.31. The van der Waals surface area contributed by atoms with Crippen molar-refractivity contribution in [2.75, 3.05) is 31.6 Å². The van der Waals surface area contributed by atoms with Gasteiger partial charge in [-0.05, 0) is 31.0 Å². The van der Waals surface area contributed by atoms with Crippen LogP contribution in [-0.2, 0) is 14.4 Å². The third-order valence-electron chi connectivity index (χ3n) is 5.00. The van der Waals surface area contributed by atoms with Gasteiger partial charge in [-0.2, -0.15) is 0 Å². The van der Waals surface area contributed by atoms with Crippen molar-refractivity contribution in [3.8, 4) is 5.75 Å². The summed E-state index contributed by atoms with van der Waals surface area (Å²) in [6.45, 7) is 3.15. The molecule has 0 aliphatic carbocycles. The fourth-order valence-electron chi connectivity index (χ4n) is 3.57. The minimum Gasteiger partial charge on any atom is -0.495 e. The lowest BCUT2D eigenvalue weighted by Gasteiger charge is -2.22. The summed E-state index contributed by atoms with van der Waals surface area (Å²) < 4.78 is 5.36. The van der Waals surface area contributed by atoms with Gasteiger partial charge in [-0.25, -0.2) is 0 Å². The van der Waals surface area contributed by atoms with Crippen molar-refractivity contribution in [2.24, 2.45) is 17.6 Å². The second-order valence-electron chi connectivity index (χ2n) is 6.75. The van der Waals surface area contributed by atoms with Gasteiger partial charge in [0, 0.05) is 26.1 Å². The number of amides is 3. The molecule has 2 unspecified atom stereocenters. The molecule has 2 atom stereocenters. The van der Waals surface area contributed by atoms with E-state index < -0.39 is 5.92 Å². The number of nitrogens with zero attached hydrogens (tertiary/aromatic N) is 2. The van der Waals surface area contributed by atoms with E-state index in [1.54, 1.807) is 16.9 Å². The molecular weight excluding hydrogens is 322 g/mol. The van der Waals surface area contributed by atoms with Gasteiger partial charge in [-0.1, -0.05) is 6.07 Å². The van der Waals surface area contributed by atoms with Crippen LogP contribution in [0.1, 0.15) is 18.4 Å². The van der Waals surface area contributed by atoms with E-state index in [2.05, 4.69) is 0 Å². The van der Waals surface area contributed by atoms with E-state index in [1.807, 2.05) is 25.1 Å². The van der Waals surface area contributed by atoms with Crippen LogP contribution in [0.5, 0.6) is 5.75 Å². The number of carbonyl (C=O) groups excluding carboxylic acids is 3. The molecule has 3 rings (SSSR count). The molecule has 0 spiro atoms. The third-order valence-corrected chi connectivity index (χ3v) is 5.00. The molecule has 134 valence electrons. The first-order valence-electron chi connectivity index (χ1n) is 8.43. The van der Waals surface area contributed by atoms with Crippen LogP contribution in [0.3, 0.4) is 0 Å². The Hall–Kier alpha value is -2.57. The number of ether oxygens (including phenoxy) is 1. The predicted octanol–water partition coefficient (Wildman–Crippen LogP) is 0.690. The van der Waals surface area contributed by atoms with Crippen LogP contribution in [0.25, 0.3) is 0 Å². The van der Waals surface area contributed by atoms with Crippen LogP contribution in [0.2, 0.25) is 0 Å². The van der Waals surface area contributed by atoms with Crippen LogP contribution in [0.15, 0.2) is 18.2 Å². The lowest BCUT2D eigenvalue weighted by atomic mass is 10.1. The molecule has 7 heteroatoms. The zero-order chi connectivity index (χ0) is 18.1. The molecule has 2 saturated heterocycles. The number of aryl methyl sites for hydroxylation is 1. The highest BCUT2D eigenvalue weighted by Crippen LogP contribution is 2.34. The maximum atomic E-state index is 12.7. The molecule has 1 aromatic carbocycles. The van der Waals surface area contributed by atoms with Gasteiger partial charge in [-0.15, -0.1) is 0 Å². The highest BCUT2D eigenvalue weighted by atomic mass is 16.5. The number of benzene rings is 1. The van der Waals surface area contributed by atoms with Crippen LogP contribution in [0.4, 0.5) is 5.69 Å². The summed E-state index contributed by atoms with van der Waals surface area (Å²) in [6, 6.07) is 5.63. The van der Waals surface area contributed by atoms with Gasteiger partial charge < -0.3 is 20.3 Å². The second-order valence-corrected chi connectivity index (χ2v) is 6.75. The first kappa shape index (κ1) is 17.3. The van der Waals surface area contributed by atoms with Crippen LogP contribution in [-0.4, -0.2) is 49.4 Å². The number of hydrogen-bond donors (Lipinski definition) is 1. The summed E-state index contributed by atoms with van der Waals surface area (Å²) >= 11 is 0. The van der Waals surface area contributed by atoms with Crippen molar-refractivity contribution in [3.63, 3.8) is 0 Å². The summed E-state index contributed by atoms with van der Waals surface area (Å²) in [7, 11) is 1.56. The van der Waals surface area contributed by atoms with Gasteiger partial charge in [-0.3, -0.25) is 14.4 Å². The summed E-state index contributed by atoms with van der Waals surface area (Å²) in [5.74, 6) is -0.608. The molecule has 25 heavy (non-hydrogen) atoms. The number of likely N-dealkylation sites (tertiary alicyclic amines) is 1. The molecule has 0 aromatic heterocycles. The molecule has 0 saturated carbocycles. The van der Waals surface area contributed by atoms with E-state index in [0.717, 1.165) is 5.56 Å². The minimum absolute atomic E-state index is 0.0776. The van der Waals surface area contributed by atoms with E-state index in [1.165, 1.54) is 0 Å². The first-order valence-corrected chi connectivity index (χ1v) is 8.43. The van der Waals surface area contributed by atoms with Crippen LogP contribution >= 0.6 is 0 Å². The molecule has 0 radical (unpaired) electrons.